The topological polar surface area (TPSA) is 76.1 Å². The second-order valence-electron chi connectivity index (χ2n) is 8.44. The molecule has 0 bridgehead atoms. The second kappa shape index (κ2) is 10.6. The number of ether oxygens (including phenoxy) is 2. The number of Topliss-reactive ketones (excluding diaryl/α,β-unsaturated/α-hetero) is 1. The van der Waals surface area contributed by atoms with Crippen molar-refractivity contribution < 1.29 is 24.2 Å². The van der Waals surface area contributed by atoms with Crippen molar-refractivity contribution in [1.29, 1.82) is 0 Å². The molecule has 1 aliphatic rings. The molecule has 1 saturated heterocycles. The molecule has 0 radical (unpaired) electrons. The lowest BCUT2D eigenvalue weighted by Crippen LogP contribution is -2.30. The Bertz CT molecular complexity index is 1270. The molecule has 4 rings (SSSR count). The fraction of sp³-hybridized carbons (Fsp3) is 0.310. The van der Waals surface area contributed by atoms with E-state index in [2.05, 4.69) is 0 Å². The molecular formula is C29H31NO5. The Labute approximate surface area is 205 Å². The first-order valence-electron chi connectivity index (χ1n) is 12.2. The van der Waals surface area contributed by atoms with Gasteiger partial charge in [-0.05, 0) is 48.7 Å². The first kappa shape index (κ1) is 24.3. The summed E-state index contributed by atoms with van der Waals surface area (Å²) in [7, 11) is 0. The normalized spacial score (nSPS) is 17.2. The molecule has 0 aliphatic carbocycles. The quantitative estimate of drug-likeness (QED) is 0.239. The highest BCUT2D eigenvalue weighted by Gasteiger charge is 2.46. The summed E-state index contributed by atoms with van der Waals surface area (Å²) in [5, 5.41) is 13.5. The molecule has 1 N–H and O–H groups in total. The number of rotatable bonds is 9. The van der Waals surface area contributed by atoms with E-state index in [0.717, 1.165) is 29.2 Å². The van der Waals surface area contributed by atoms with Gasteiger partial charge in [0.1, 0.15) is 17.3 Å². The molecule has 6 heteroatoms. The number of benzene rings is 3. The summed E-state index contributed by atoms with van der Waals surface area (Å²) in [5.41, 5.74) is 1.24. The number of unbranched alkanes of at least 4 members (excludes halogenated alkanes) is 1. The summed E-state index contributed by atoms with van der Waals surface area (Å²) >= 11 is 0. The third-order valence-electron chi connectivity index (χ3n) is 6.23. The van der Waals surface area contributed by atoms with Crippen molar-refractivity contribution in [2.75, 3.05) is 19.8 Å². The minimum atomic E-state index is -0.700. The van der Waals surface area contributed by atoms with Gasteiger partial charge in [0, 0.05) is 12.6 Å². The molecule has 3 aromatic rings. The van der Waals surface area contributed by atoms with E-state index in [-0.39, 0.29) is 11.3 Å². The van der Waals surface area contributed by atoms with E-state index in [1.165, 1.54) is 0 Å². The summed E-state index contributed by atoms with van der Waals surface area (Å²) in [4.78, 5) is 28.2. The molecule has 0 aromatic heterocycles. The Morgan fingerprint density at radius 3 is 2.43 bits per heavy atom. The number of carbonyl (C=O) groups excluding carboxylic acids is 2. The molecule has 1 heterocycles. The highest BCUT2D eigenvalue weighted by molar-refractivity contribution is 6.46. The minimum Gasteiger partial charge on any atom is -0.507 e. The molecule has 1 amide bonds. The fourth-order valence-electron chi connectivity index (χ4n) is 4.63. The van der Waals surface area contributed by atoms with E-state index < -0.39 is 17.7 Å². The first-order valence-corrected chi connectivity index (χ1v) is 12.2. The largest absolute Gasteiger partial charge is 0.507 e. The maximum Gasteiger partial charge on any atom is 0.295 e. The van der Waals surface area contributed by atoms with Crippen LogP contribution >= 0.6 is 0 Å². The highest BCUT2D eigenvalue weighted by atomic mass is 16.5. The van der Waals surface area contributed by atoms with Crippen molar-refractivity contribution in [1.82, 2.24) is 4.90 Å². The third kappa shape index (κ3) is 4.61. The van der Waals surface area contributed by atoms with Crippen molar-refractivity contribution in [3.05, 3.63) is 77.4 Å². The molecule has 1 atom stereocenters. The molecule has 0 spiro atoms. The molecule has 1 unspecified atom stereocenters. The number of ketones is 1. The van der Waals surface area contributed by atoms with Gasteiger partial charge in [-0.1, -0.05) is 55.8 Å². The number of likely N-dealkylation sites (tertiary alicyclic amines) is 1. The average Bonchev–Trinajstić information content (AvgIpc) is 3.12. The van der Waals surface area contributed by atoms with Gasteiger partial charge in [-0.3, -0.25) is 9.59 Å². The predicted molar refractivity (Wildman–Crippen MR) is 137 cm³/mol. The van der Waals surface area contributed by atoms with Gasteiger partial charge in [-0.2, -0.15) is 0 Å². The van der Waals surface area contributed by atoms with E-state index in [9.17, 15) is 14.7 Å². The van der Waals surface area contributed by atoms with E-state index in [1.807, 2.05) is 63.2 Å². The monoisotopic (exact) mass is 473 g/mol. The van der Waals surface area contributed by atoms with Crippen molar-refractivity contribution >= 4 is 28.2 Å². The van der Waals surface area contributed by atoms with Gasteiger partial charge in [-0.25, -0.2) is 0 Å². The molecular weight excluding hydrogens is 442 g/mol. The number of amides is 1. The van der Waals surface area contributed by atoms with Gasteiger partial charge in [0.2, 0.25) is 0 Å². The zero-order chi connectivity index (χ0) is 24.9. The standard InChI is InChI=1S/C29H31NO5/c1-4-7-17-30-26(22-14-10-12-19-11-8-9-13-21(19)22)25(28(32)29(30)33)27(31)23-16-15-20(34-5-2)18-24(23)35-6-3/h8-16,18,26,31H,4-7,17H2,1-3H3/b27-25+. The molecule has 3 aromatic carbocycles. The van der Waals surface area contributed by atoms with Crippen LogP contribution in [0.5, 0.6) is 11.5 Å². The summed E-state index contributed by atoms with van der Waals surface area (Å²) in [6.45, 7) is 7.05. The molecule has 1 aliphatic heterocycles. The predicted octanol–water partition coefficient (Wildman–Crippen LogP) is 5.86. The maximum atomic E-state index is 13.4. The summed E-state index contributed by atoms with van der Waals surface area (Å²) in [6.07, 6.45) is 1.63. The number of aliphatic hydroxyl groups excluding tert-OH is 1. The van der Waals surface area contributed by atoms with Crippen LogP contribution in [0.2, 0.25) is 0 Å². The highest BCUT2D eigenvalue weighted by Crippen LogP contribution is 2.43. The summed E-state index contributed by atoms with van der Waals surface area (Å²) in [6, 6.07) is 18.1. The van der Waals surface area contributed by atoms with Crippen LogP contribution in [-0.4, -0.2) is 41.5 Å². The van der Waals surface area contributed by atoms with E-state index >= 15 is 0 Å². The van der Waals surface area contributed by atoms with Crippen LogP contribution < -0.4 is 9.47 Å². The number of carbonyl (C=O) groups is 2. The molecule has 1 fully saturated rings. The number of hydrogen-bond donors (Lipinski definition) is 1. The van der Waals surface area contributed by atoms with Crippen LogP contribution in [0.15, 0.2) is 66.2 Å². The lowest BCUT2D eigenvalue weighted by atomic mass is 9.91. The maximum absolute atomic E-state index is 13.4. The smallest absolute Gasteiger partial charge is 0.295 e. The van der Waals surface area contributed by atoms with Crippen LogP contribution in [0.25, 0.3) is 16.5 Å². The number of nitrogens with zero attached hydrogens (tertiary/aromatic N) is 1. The second-order valence-corrected chi connectivity index (χ2v) is 8.44. The lowest BCUT2D eigenvalue weighted by Gasteiger charge is -2.26. The number of aliphatic hydroxyl groups is 1. The number of hydrogen-bond acceptors (Lipinski definition) is 5. The Morgan fingerprint density at radius 2 is 1.69 bits per heavy atom. The lowest BCUT2D eigenvalue weighted by molar-refractivity contribution is -0.139. The van der Waals surface area contributed by atoms with Crippen LogP contribution in [0.4, 0.5) is 0 Å². The zero-order valence-corrected chi connectivity index (χ0v) is 20.4. The van der Waals surface area contributed by atoms with E-state index in [1.54, 1.807) is 23.1 Å². The van der Waals surface area contributed by atoms with Crippen molar-refractivity contribution in [3.8, 4) is 11.5 Å². The van der Waals surface area contributed by atoms with E-state index in [0.29, 0.717) is 36.8 Å². The SMILES string of the molecule is CCCCN1C(=O)C(=O)/C(=C(/O)c2ccc(OCC)cc2OCC)C1c1cccc2ccccc12. The first-order chi connectivity index (χ1) is 17.0. The van der Waals surface area contributed by atoms with Gasteiger partial charge >= 0.3 is 0 Å². The minimum absolute atomic E-state index is 0.0765. The Morgan fingerprint density at radius 1 is 0.943 bits per heavy atom. The van der Waals surface area contributed by atoms with Crippen molar-refractivity contribution in [3.63, 3.8) is 0 Å². The van der Waals surface area contributed by atoms with Crippen molar-refractivity contribution in [2.24, 2.45) is 0 Å². The molecule has 6 nitrogen and oxygen atoms in total. The van der Waals surface area contributed by atoms with Gasteiger partial charge in [-0.15, -0.1) is 0 Å². The molecule has 35 heavy (non-hydrogen) atoms. The Hall–Kier alpha value is -3.80. The van der Waals surface area contributed by atoms with Crippen molar-refractivity contribution in [2.45, 2.75) is 39.7 Å². The molecule has 0 saturated carbocycles. The van der Waals surface area contributed by atoms with Crippen LogP contribution in [0, 0.1) is 0 Å². The summed E-state index contributed by atoms with van der Waals surface area (Å²) in [5.74, 6) is -0.532. The van der Waals surface area contributed by atoms with Crippen LogP contribution in [0.1, 0.15) is 50.8 Å². The Balaban J connectivity index is 1.94. The van der Waals surface area contributed by atoms with Gasteiger partial charge < -0.3 is 19.5 Å². The third-order valence-corrected chi connectivity index (χ3v) is 6.23. The van der Waals surface area contributed by atoms with Gasteiger partial charge in [0.25, 0.3) is 11.7 Å². The average molecular weight is 474 g/mol. The molecule has 182 valence electrons. The zero-order valence-electron chi connectivity index (χ0n) is 20.4. The fourth-order valence-corrected chi connectivity index (χ4v) is 4.63. The van der Waals surface area contributed by atoms with Crippen LogP contribution in [-0.2, 0) is 9.59 Å². The Kier molecular flexibility index (Phi) is 7.39. The van der Waals surface area contributed by atoms with E-state index in [4.69, 9.17) is 9.47 Å². The van der Waals surface area contributed by atoms with Gasteiger partial charge in [0.15, 0.2) is 0 Å². The van der Waals surface area contributed by atoms with Gasteiger partial charge in [0.05, 0.1) is 30.4 Å². The number of fused-ring (bicyclic) bond motifs is 1. The summed E-state index contributed by atoms with van der Waals surface area (Å²) < 4.78 is 11.4. The van der Waals surface area contributed by atoms with Crippen LogP contribution in [0.3, 0.4) is 0 Å².